The number of anilines is 1. The number of esters is 1. The van der Waals surface area contributed by atoms with Crippen LogP contribution in [0.3, 0.4) is 0 Å². The quantitative estimate of drug-likeness (QED) is 0.282. The molecule has 3 aromatic carbocycles. The number of nitrogens with zero attached hydrogens (tertiary/aromatic N) is 4. The van der Waals surface area contributed by atoms with Crippen molar-refractivity contribution in [3.05, 3.63) is 83.9 Å². The molecule has 10 nitrogen and oxygen atoms in total. The molecule has 0 bridgehead atoms. The Hall–Kier alpha value is -4.73. The molecule has 2 amide bonds. The first kappa shape index (κ1) is 28.3. The van der Waals surface area contributed by atoms with E-state index in [1.54, 1.807) is 42.5 Å². The molecule has 0 unspecified atom stereocenters. The van der Waals surface area contributed by atoms with E-state index in [0.29, 0.717) is 40.5 Å². The van der Waals surface area contributed by atoms with E-state index >= 15 is 0 Å². The summed E-state index contributed by atoms with van der Waals surface area (Å²) in [5.74, 6) is -0.435. The number of nitrogens with one attached hydrogen (secondary N) is 1. The van der Waals surface area contributed by atoms with Crippen LogP contribution in [0.1, 0.15) is 42.2 Å². The largest absolute Gasteiger partial charge is 0.497 e. The van der Waals surface area contributed by atoms with E-state index < -0.39 is 17.9 Å². The van der Waals surface area contributed by atoms with Crippen LogP contribution >= 0.6 is 0 Å². The van der Waals surface area contributed by atoms with Crippen molar-refractivity contribution in [1.82, 2.24) is 20.3 Å². The number of carbonyl (C=O) groups is 3. The maximum atomic E-state index is 14.2. The van der Waals surface area contributed by atoms with Gasteiger partial charge in [0.2, 0.25) is 11.8 Å². The Labute approximate surface area is 232 Å². The van der Waals surface area contributed by atoms with E-state index in [2.05, 4.69) is 29.5 Å². The Balaban J connectivity index is 1.83. The van der Waals surface area contributed by atoms with Gasteiger partial charge in [-0.15, -0.1) is 5.10 Å². The molecule has 1 atom stereocenters. The summed E-state index contributed by atoms with van der Waals surface area (Å²) in [6, 6.07) is 19.7. The van der Waals surface area contributed by atoms with Crippen LogP contribution in [0, 0.1) is 5.92 Å². The number of ether oxygens (including phenoxy) is 2. The summed E-state index contributed by atoms with van der Waals surface area (Å²) in [6.07, 6.45) is 0.771. The summed E-state index contributed by atoms with van der Waals surface area (Å²) < 4.78 is 11.8. The molecule has 0 aliphatic carbocycles. The highest BCUT2D eigenvalue weighted by atomic mass is 16.5. The number of carbonyl (C=O) groups excluding carboxylic acids is 3. The van der Waals surface area contributed by atoms with E-state index in [-0.39, 0.29) is 18.0 Å². The minimum Gasteiger partial charge on any atom is -0.497 e. The Kier molecular flexibility index (Phi) is 9.11. The number of aromatic nitrogens is 3. The van der Waals surface area contributed by atoms with Gasteiger partial charge in [-0.25, -0.2) is 9.48 Å². The number of hydrogen-bond donors (Lipinski definition) is 1. The van der Waals surface area contributed by atoms with Crippen molar-refractivity contribution < 1.29 is 23.9 Å². The fourth-order valence-corrected chi connectivity index (χ4v) is 4.39. The highest BCUT2D eigenvalue weighted by Crippen LogP contribution is 2.31. The number of amides is 2. The van der Waals surface area contributed by atoms with Gasteiger partial charge < -0.3 is 14.8 Å². The summed E-state index contributed by atoms with van der Waals surface area (Å²) in [6.45, 7) is 4.39. The second-order valence-electron chi connectivity index (χ2n) is 9.69. The van der Waals surface area contributed by atoms with Crippen LogP contribution in [0.15, 0.2) is 72.8 Å². The van der Waals surface area contributed by atoms with E-state index in [9.17, 15) is 14.4 Å². The molecule has 208 valence electrons. The Morgan fingerprint density at radius 1 is 0.975 bits per heavy atom. The average molecular weight is 544 g/mol. The lowest BCUT2D eigenvalue weighted by Crippen LogP contribution is -2.45. The van der Waals surface area contributed by atoms with Gasteiger partial charge in [0, 0.05) is 12.2 Å². The van der Waals surface area contributed by atoms with Crippen molar-refractivity contribution in [2.75, 3.05) is 25.7 Å². The summed E-state index contributed by atoms with van der Waals surface area (Å²) in [4.78, 5) is 41.8. The Morgan fingerprint density at radius 3 is 2.50 bits per heavy atom. The van der Waals surface area contributed by atoms with Gasteiger partial charge in [0.15, 0.2) is 0 Å². The van der Waals surface area contributed by atoms with Gasteiger partial charge in [-0.1, -0.05) is 49.4 Å². The highest BCUT2D eigenvalue weighted by molar-refractivity contribution is 6.02. The van der Waals surface area contributed by atoms with Crippen molar-refractivity contribution in [1.29, 1.82) is 0 Å². The first-order chi connectivity index (χ1) is 19.3. The normalized spacial score (nSPS) is 11.7. The maximum absolute atomic E-state index is 14.2. The van der Waals surface area contributed by atoms with Crippen molar-refractivity contribution in [2.24, 2.45) is 5.92 Å². The van der Waals surface area contributed by atoms with Gasteiger partial charge in [0.25, 0.3) is 0 Å². The predicted molar refractivity (Wildman–Crippen MR) is 151 cm³/mol. The second-order valence-corrected chi connectivity index (χ2v) is 9.69. The van der Waals surface area contributed by atoms with Gasteiger partial charge in [0.1, 0.15) is 23.9 Å². The van der Waals surface area contributed by atoms with Crippen molar-refractivity contribution in [2.45, 2.75) is 32.9 Å². The van der Waals surface area contributed by atoms with Gasteiger partial charge in [-0.3, -0.25) is 14.5 Å². The number of benzene rings is 3. The molecule has 0 fully saturated rings. The van der Waals surface area contributed by atoms with E-state index in [4.69, 9.17) is 9.47 Å². The highest BCUT2D eigenvalue weighted by Gasteiger charge is 2.34. The summed E-state index contributed by atoms with van der Waals surface area (Å²) in [7, 11) is 2.82. The van der Waals surface area contributed by atoms with Crippen molar-refractivity contribution in [3.63, 3.8) is 0 Å². The van der Waals surface area contributed by atoms with Crippen LogP contribution in [-0.2, 0) is 20.9 Å². The fraction of sp³-hybridized carbons (Fsp3) is 0.300. The second kappa shape index (κ2) is 12.9. The maximum Gasteiger partial charge on any atom is 0.337 e. The number of para-hydroxylation sites is 1. The molecule has 1 N–H and O–H groups in total. The molecule has 40 heavy (non-hydrogen) atoms. The Morgan fingerprint density at radius 2 is 1.75 bits per heavy atom. The first-order valence-electron chi connectivity index (χ1n) is 13.0. The SMILES string of the molecule is COC(=O)c1cccc(N(C(=O)Cn2nnc3ccccc32)[C@@H](C(=O)NCCC(C)C)c2cccc(OC)c2)c1. The fourth-order valence-electron chi connectivity index (χ4n) is 4.39. The topological polar surface area (TPSA) is 116 Å². The molecule has 0 spiro atoms. The van der Waals surface area contributed by atoms with Gasteiger partial charge in [-0.2, -0.15) is 0 Å². The summed E-state index contributed by atoms with van der Waals surface area (Å²) in [5.41, 5.74) is 2.46. The molecular weight excluding hydrogens is 510 g/mol. The zero-order chi connectivity index (χ0) is 28.6. The van der Waals surface area contributed by atoms with Gasteiger partial charge in [0.05, 0.1) is 25.3 Å². The third-order valence-corrected chi connectivity index (χ3v) is 6.46. The van der Waals surface area contributed by atoms with Crippen LogP contribution in [-0.4, -0.2) is 53.5 Å². The summed E-state index contributed by atoms with van der Waals surface area (Å²) >= 11 is 0. The Bertz CT molecular complexity index is 1500. The number of fused-ring (bicyclic) bond motifs is 1. The average Bonchev–Trinajstić information content (AvgIpc) is 3.37. The number of rotatable bonds is 11. The predicted octanol–water partition coefficient (Wildman–Crippen LogP) is 4.16. The van der Waals surface area contributed by atoms with Gasteiger partial charge >= 0.3 is 5.97 Å². The third-order valence-electron chi connectivity index (χ3n) is 6.46. The summed E-state index contributed by atoms with van der Waals surface area (Å²) in [5, 5.41) is 11.3. The van der Waals surface area contributed by atoms with E-state index in [1.807, 2.05) is 24.3 Å². The van der Waals surface area contributed by atoms with Gasteiger partial charge in [-0.05, 0) is 60.4 Å². The third kappa shape index (κ3) is 6.45. The van der Waals surface area contributed by atoms with E-state index in [0.717, 1.165) is 6.42 Å². The molecule has 0 saturated heterocycles. The number of methoxy groups -OCH3 is 2. The molecule has 1 aromatic heterocycles. The smallest absolute Gasteiger partial charge is 0.337 e. The lowest BCUT2D eigenvalue weighted by atomic mass is 10.0. The molecule has 4 aromatic rings. The zero-order valence-corrected chi connectivity index (χ0v) is 23.0. The number of hydrogen-bond acceptors (Lipinski definition) is 7. The molecule has 1 heterocycles. The lowest BCUT2D eigenvalue weighted by molar-refractivity contribution is -0.127. The van der Waals surface area contributed by atoms with E-state index in [1.165, 1.54) is 29.9 Å². The molecule has 10 heteroatoms. The monoisotopic (exact) mass is 543 g/mol. The molecule has 0 aliphatic rings. The zero-order valence-electron chi connectivity index (χ0n) is 23.0. The standard InChI is InChI=1S/C30H33N5O5/c1-20(2)15-16-31-29(37)28(21-9-8-12-24(18-21)39-3)35(23-11-7-10-22(17-23)30(38)40-4)27(36)19-34-26-14-6-5-13-25(26)32-33-34/h5-14,17-18,20,28H,15-16,19H2,1-4H3,(H,31,37)/t28-/m1/s1. The van der Waals surface area contributed by atoms with Crippen LogP contribution in [0.25, 0.3) is 11.0 Å². The van der Waals surface area contributed by atoms with Crippen LogP contribution < -0.4 is 15.0 Å². The minimum atomic E-state index is -1.07. The molecule has 4 rings (SSSR count). The molecule has 0 aliphatic heterocycles. The van der Waals surface area contributed by atoms with Crippen LogP contribution in [0.2, 0.25) is 0 Å². The lowest BCUT2D eigenvalue weighted by Gasteiger charge is -2.32. The molecule has 0 radical (unpaired) electrons. The van der Waals surface area contributed by atoms with Crippen LogP contribution in [0.4, 0.5) is 5.69 Å². The van der Waals surface area contributed by atoms with Crippen molar-refractivity contribution in [3.8, 4) is 5.75 Å². The van der Waals surface area contributed by atoms with Crippen LogP contribution in [0.5, 0.6) is 5.75 Å². The minimum absolute atomic E-state index is 0.192. The first-order valence-corrected chi connectivity index (χ1v) is 13.0. The van der Waals surface area contributed by atoms with Crippen molar-refractivity contribution >= 4 is 34.5 Å². The molecular formula is C30H33N5O5. The molecule has 0 saturated carbocycles.